The number of imidazole rings is 1. The fraction of sp³-hybridized carbons (Fsp3) is 0.500. The molecule has 3 heterocycles. The fourth-order valence-corrected chi connectivity index (χ4v) is 2.82. The van der Waals surface area contributed by atoms with Gasteiger partial charge in [-0.2, -0.15) is 0 Å². The standard InChI is InChI=1S/C14H19N3/c1-11-5-3-8-17-13(11)10-15-14(17)9-12-6-4-7-16(12)2/h3,5,8,10,12H,4,6-7,9H2,1-2H3. The van der Waals surface area contributed by atoms with Crippen molar-refractivity contribution in [2.24, 2.45) is 0 Å². The van der Waals surface area contributed by atoms with Crippen molar-refractivity contribution < 1.29 is 0 Å². The summed E-state index contributed by atoms with van der Waals surface area (Å²) in [5.41, 5.74) is 2.54. The van der Waals surface area contributed by atoms with Crippen LogP contribution in [0.4, 0.5) is 0 Å². The fourth-order valence-electron chi connectivity index (χ4n) is 2.82. The summed E-state index contributed by atoms with van der Waals surface area (Å²) in [4.78, 5) is 7.05. The van der Waals surface area contributed by atoms with E-state index in [4.69, 9.17) is 0 Å². The Morgan fingerprint density at radius 2 is 2.35 bits per heavy atom. The lowest BCUT2D eigenvalue weighted by atomic mass is 10.1. The summed E-state index contributed by atoms with van der Waals surface area (Å²) in [7, 11) is 2.22. The molecule has 90 valence electrons. The Morgan fingerprint density at radius 3 is 3.12 bits per heavy atom. The Balaban J connectivity index is 1.93. The summed E-state index contributed by atoms with van der Waals surface area (Å²) < 4.78 is 2.24. The predicted molar refractivity (Wildman–Crippen MR) is 69.3 cm³/mol. The number of rotatable bonds is 2. The van der Waals surface area contributed by atoms with Gasteiger partial charge in [-0.3, -0.25) is 0 Å². The highest BCUT2D eigenvalue weighted by atomic mass is 15.2. The van der Waals surface area contributed by atoms with E-state index in [0.29, 0.717) is 6.04 Å². The zero-order valence-corrected chi connectivity index (χ0v) is 10.6. The highest BCUT2D eigenvalue weighted by Crippen LogP contribution is 2.20. The summed E-state index contributed by atoms with van der Waals surface area (Å²) >= 11 is 0. The van der Waals surface area contributed by atoms with Gasteiger partial charge in [0, 0.05) is 18.7 Å². The second-order valence-corrected chi connectivity index (χ2v) is 5.10. The van der Waals surface area contributed by atoms with Crippen LogP contribution in [0.3, 0.4) is 0 Å². The maximum Gasteiger partial charge on any atom is 0.114 e. The van der Waals surface area contributed by atoms with Crippen LogP contribution in [0.1, 0.15) is 24.2 Å². The third kappa shape index (κ3) is 1.84. The molecule has 1 saturated heterocycles. The number of fused-ring (bicyclic) bond motifs is 1. The van der Waals surface area contributed by atoms with Crippen LogP contribution in [0.25, 0.3) is 5.52 Å². The van der Waals surface area contributed by atoms with Gasteiger partial charge >= 0.3 is 0 Å². The number of hydrogen-bond donors (Lipinski definition) is 0. The van der Waals surface area contributed by atoms with E-state index < -0.39 is 0 Å². The molecule has 0 bridgehead atoms. The monoisotopic (exact) mass is 229 g/mol. The Hall–Kier alpha value is -1.35. The average Bonchev–Trinajstić information content (AvgIpc) is 2.89. The second-order valence-electron chi connectivity index (χ2n) is 5.10. The average molecular weight is 229 g/mol. The number of pyridine rings is 1. The molecule has 2 aromatic heterocycles. The molecule has 0 aliphatic carbocycles. The lowest BCUT2D eigenvalue weighted by Crippen LogP contribution is -2.27. The smallest absolute Gasteiger partial charge is 0.114 e. The molecule has 1 atom stereocenters. The van der Waals surface area contributed by atoms with Crippen molar-refractivity contribution in [2.75, 3.05) is 13.6 Å². The topological polar surface area (TPSA) is 20.5 Å². The molecule has 3 nitrogen and oxygen atoms in total. The first-order valence-corrected chi connectivity index (χ1v) is 6.37. The number of nitrogens with zero attached hydrogens (tertiary/aromatic N) is 3. The maximum atomic E-state index is 4.59. The Bertz CT molecular complexity index is 529. The molecule has 1 unspecified atom stereocenters. The molecule has 3 heteroatoms. The molecule has 3 rings (SSSR count). The lowest BCUT2D eigenvalue weighted by molar-refractivity contribution is 0.305. The van der Waals surface area contributed by atoms with Gasteiger partial charge in [-0.1, -0.05) is 6.07 Å². The van der Waals surface area contributed by atoms with Gasteiger partial charge in [-0.25, -0.2) is 4.98 Å². The summed E-state index contributed by atoms with van der Waals surface area (Å²) in [6.45, 7) is 3.37. The first kappa shape index (κ1) is 10.8. The predicted octanol–water partition coefficient (Wildman–Crippen LogP) is 2.28. The molecular formula is C14H19N3. The van der Waals surface area contributed by atoms with E-state index >= 15 is 0 Å². The summed E-state index contributed by atoms with van der Waals surface area (Å²) in [6.07, 6.45) is 7.81. The maximum absolute atomic E-state index is 4.59. The third-order valence-electron chi connectivity index (χ3n) is 3.95. The molecule has 0 amide bonds. The normalized spacial score (nSPS) is 21.4. The van der Waals surface area contributed by atoms with Gasteiger partial charge in [-0.05, 0) is 45.0 Å². The minimum absolute atomic E-state index is 0.668. The third-order valence-corrected chi connectivity index (χ3v) is 3.95. The van der Waals surface area contributed by atoms with E-state index in [-0.39, 0.29) is 0 Å². The van der Waals surface area contributed by atoms with Gasteiger partial charge < -0.3 is 9.30 Å². The van der Waals surface area contributed by atoms with Crippen LogP contribution >= 0.6 is 0 Å². The van der Waals surface area contributed by atoms with E-state index in [1.165, 1.54) is 36.3 Å². The summed E-state index contributed by atoms with van der Waals surface area (Å²) in [6, 6.07) is 4.91. The van der Waals surface area contributed by atoms with Crippen molar-refractivity contribution in [2.45, 2.75) is 32.2 Å². The number of aryl methyl sites for hydroxylation is 1. The van der Waals surface area contributed by atoms with Crippen LogP contribution in [-0.4, -0.2) is 33.9 Å². The zero-order valence-electron chi connectivity index (χ0n) is 10.6. The van der Waals surface area contributed by atoms with E-state index in [1.54, 1.807) is 0 Å². The lowest BCUT2D eigenvalue weighted by Gasteiger charge is -2.18. The van der Waals surface area contributed by atoms with Crippen molar-refractivity contribution in [3.05, 3.63) is 35.9 Å². The minimum Gasteiger partial charge on any atom is -0.303 e. The molecule has 0 radical (unpaired) electrons. The highest BCUT2D eigenvalue weighted by molar-refractivity contribution is 5.53. The van der Waals surface area contributed by atoms with Gasteiger partial charge in [0.25, 0.3) is 0 Å². The molecular weight excluding hydrogens is 210 g/mol. The van der Waals surface area contributed by atoms with Crippen LogP contribution in [0.5, 0.6) is 0 Å². The minimum atomic E-state index is 0.668. The summed E-state index contributed by atoms with van der Waals surface area (Å²) in [5.74, 6) is 1.20. The zero-order chi connectivity index (χ0) is 11.8. The van der Waals surface area contributed by atoms with Gasteiger partial charge in [0.2, 0.25) is 0 Å². The SMILES string of the molecule is Cc1cccn2c(CC3CCCN3C)ncc12. The molecule has 0 saturated carbocycles. The van der Waals surface area contributed by atoms with Crippen molar-refractivity contribution in [3.63, 3.8) is 0 Å². The van der Waals surface area contributed by atoms with E-state index in [9.17, 15) is 0 Å². The Kier molecular flexibility index (Phi) is 2.63. The number of aromatic nitrogens is 2. The molecule has 0 aromatic carbocycles. The highest BCUT2D eigenvalue weighted by Gasteiger charge is 2.22. The number of likely N-dealkylation sites (tertiary alicyclic amines) is 1. The first-order chi connectivity index (χ1) is 8.25. The number of hydrogen-bond acceptors (Lipinski definition) is 2. The van der Waals surface area contributed by atoms with Gasteiger partial charge in [0.15, 0.2) is 0 Å². The van der Waals surface area contributed by atoms with Gasteiger partial charge in [0.05, 0.1) is 11.7 Å². The van der Waals surface area contributed by atoms with Crippen LogP contribution in [0, 0.1) is 6.92 Å². The van der Waals surface area contributed by atoms with Crippen molar-refractivity contribution in [1.82, 2.24) is 14.3 Å². The van der Waals surface area contributed by atoms with Crippen LogP contribution < -0.4 is 0 Å². The molecule has 0 N–H and O–H groups in total. The molecule has 17 heavy (non-hydrogen) atoms. The second kappa shape index (κ2) is 4.15. The van der Waals surface area contributed by atoms with Crippen LogP contribution in [0.2, 0.25) is 0 Å². The van der Waals surface area contributed by atoms with E-state index in [1.807, 2.05) is 6.20 Å². The largest absolute Gasteiger partial charge is 0.303 e. The first-order valence-electron chi connectivity index (χ1n) is 6.37. The molecule has 1 aliphatic heterocycles. The molecule has 1 fully saturated rings. The van der Waals surface area contributed by atoms with Crippen molar-refractivity contribution >= 4 is 5.52 Å². The van der Waals surface area contributed by atoms with Crippen molar-refractivity contribution in [3.8, 4) is 0 Å². The summed E-state index contributed by atoms with van der Waals surface area (Å²) in [5, 5.41) is 0. The van der Waals surface area contributed by atoms with E-state index in [0.717, 1.165) is 6.42 Å². The van der Waals surface area contributed by atoms with Crippen LogP contribution in [-0.2, 0) is 6.42 Å². The van der Waals surface area contributed by atoms with E-state index in [2.05, 4.69) is 46.6 Å². The molecule has 2 aromatic rings. The molecule has 1 aliphatic rings. The molecule has 0 spiro atoms. The van der Waals surface area contributed by atoms with Gasteiger partial charge in [-0.15, -0.1) is 0 Å². The Labute approximate surface area is 102 Å². The van der Waals surface area contributed by atoms with Gasteiger partial charge in [0.1, 0.15) is 5.82 Å². The Morgan fingerprint density at radius 1 is 1.47 bits per heavy atom. The van der Waals surface area contributed by atoms with Crippen LogP contribution in [0.15, 0.2) is 24.5 Å². The van der Waals surface area contributed by atoms with Crippen molar-refractivity contribution in [1.29, 1.82) is 0 Å². The quantitative estimate of drug-likeness (QED) is 0.787. The number of likely N-dealkylation sites (N-methyl/N-ethyl adjacent to an activating group) is 1.